The van der Waals surface area contributed by atoms with Gasteiger partial charge in [-0.2, -0.15) is 0 Å². The zero-order chi connectivity index (χ0) is 17.1. The molecule has 0 saturated carbocycles. The molecule has 24 heavy (non-hydrogen) atoms. The second-order valence-corrected chi connectivity index (χ2v) is 5.40. The van der Waals surface area contributed by atoms with Gasteiger partial charge in [-0.1, -0.05) is 42.5 Å². The number of carboxylic acids is 1. The zero-order valence-electron chi connectivity index (χ0n) is 12.7. The second-order valence-electron chi connectivity index (χ2n) is 5.40. The number of carboxylic acid groups (broad SMARTS) is 1. The van der Waals surface area contributed by atoms with E-state index in [4.69, 9.17) is 5.11 Å². The number of anilines is 1. The van der Waals surface area contributed by atoms with Crippen molar-refractivity contribution in [3.05, 3.63) is 71.8 Å². The third kappa shape index (κ3) is 3.20. The fourth-order valence-electron chi connectivity index (χ4n) is 2.61. The number of hydrogen-bond donors (Lipinski definition) is 3. The van der Waals surface area contributed by atoms with Gasteiger partial charge >= 0.3 is 5.97 Å². The molecule has 1 amide bonds. The van der Waals surface area contributed by atoms with Crippen molar-refractivity contribution in [2.75, 3.05) is 5.32 Å². The Balaban J connectivity index is 1.81. The number of benzene rings is 3. The summed E-state index contributed by atoms with van der Waals surface area (Å²) in [5.41, 5.74) is 0.969. The van der Waals surface area contributed by atoms with Gasteiger partial charge in [0.15, 0.2) is 0 Å². The summed E-state index contributed by atoms with van der Waals surface area (Å²) in [6, 6.07) is 17.5. The van der Waals surface area contributed by atoms with E-state index in [1.165, 1.54) is 18.2 Å². The number of aromatic carboxylic acids is 1. The first-order chi connectivity index (χ1) is 11.5. The largest absolute Gasteiger partial charge is 0.507 e. The van der Waals surface area contributed by atoms with Gasteiger partial charge < -0.3 is 15.5 Å². The van der Waals surface area contributed by atoms with Crippen LogP contribution in [0.1, 0.15) is 15.9 Å². The van der Waals surface area contributed by atoms with Gasteiger partial charge in [0, 0.05) is 5.69 Å². The molecule has 0 heterocycles. The summed E-state index contributed by atoms with van der Waals surface area (Å²) >= 11 is 0. The third-order valence-corrected chi connectivity index (χ3v) is 3.74. The summed E-state index contributed by atoms with van der Waals surface area (Å²) in [7, 11) is 0. The highest BCUT2D eigenvalue weighted by Crippen LogP contribution is 2.22. The van der Waals surface area contributed by atoms with Crippen LogP contribution >= 0.6 is 0 Å². The van der Waals surface area contributed by atoms with E-state index in [1.54, 1.807) is 0 Å². The van der Waals surface area contributed by atoms with Crippen LogP contribution in [0.5, 0.6) is 5.75 Å². The normalized spacial score (nSPS) is 10.5. The van der Waals surface area contributed by atoms with Crippen molar-refractivity contribution in [1.82, 2.24) is 0 Å². The summed E-state index contributed by atoms with van der Waals surface area (Å²) in [5, 5.41) is 23.2. The molecule has 0 radical (unpaired) electrons. The smallest absolute Gasteiger partial charge is 0.339 e. The molecule has 0 bridgehead atoms. The zero-order valence-corrected chi connectivity index (χ0v) is 12.7. The standard InChI is InChI=1S/C19H15NO4/c21-17-9-8-14(11-16(17)19(23)24)20-18(22)10-13-6-3-5-12-4-1-2-7-15(12)13/h1-9,11,21H,10H2,(H,20,22)(H,23,24). The number of carbonyl (C=O) groups is 2. The molecule has 0 aromatic heterocycles. The number of fused-ring (bicyclic) bond motifs is 1. The Morgan fingerprint density at radius 3 is 2.50 bits per heavy atom. The fraction of sp³-hybridized carbons (Fsp3) is 0.0526. The van der Waals surface area contributed by atoms with Crippen LogP contribution in [0.25, 0.3) is 10.8 Å². The topological polar surface area (TPSA) is 86.6 Å². The molecule has 0 saturated heterocycles. The van der Waals surface area contributed by atoms with Gasteiger partial charge in [-0.3, -0.25) is 4.79 Å². The number of rotatable bonds is 4. The number of hydrogen-bond acceptors (Lipinski definition) is 3. The van der Waals surface area contributed by atoms with Crippen LogP contribution in [0.4, 0.5) is 5.69 Å². The highest BCUT2D eigenvalue weighted by molar-refractivity contribution is 5.98. The van der Waals surface area contributed by atoms with E-state index >= 15 is 0 Å². The second kappa shape index (κ2) is 6.42. The molecular formula is C19H15NO4. The lowest BCUT2D eigenvalue weighted by Crippen LogP contribution is -2.15. The Morgan fingerprint density at radius 1 is 0.958 bits per heavy atom. The third-order valence-electron chi connectivity index (χ3n) is 3.74. The number of aromatic hydroxyl groups is 1. The van der Waals surface area contributed by atoms with E-state index in [1.807, 2.05) is 42.5 Å². The minimum Gasteiger partial charge on any atom is -0.507 e. The lowest BCUT2D eigenvalue weighted by Gasteiger charge is -2.09. The Hall–Kier alpha value is -3.34. The van der Waals surface area contributed by atoms with Crippen LogP contribution < -0.4 is 5.32 Å². The van der Waals surface area contributed by atoms with E-state index in [0.29, 0.717) is 5.69 Å². The number of amides is 1. The molecule has 0 aliphatic rings. The molecule has 0 aliphatic carbocycles. The molecular weight excluding hydrogens is 306 g/mol. The molecule has 3 rings (SSSR count). The predicted octanol–water partition coefficient (Wildman–Crippen LogP) is 3.42. The maximum absolute atomic E-state index is 12.3. The lowest BCUT2D eigenvalue weighted by atomic mass is 10.0. The first-order valence-electron chi connectivity index (χ1n) is 7.37. The highest BCUT2D eigenvalue weighted by atomic mass is 16.4. The Labute approximate surface area is 138 Å². The number of phenols is 1. The minimum atomic E-state index is -1.25. The van der Waals surface area contributed by atoms with Crippen LogP contribution in [-0.4, -0.2) is 22.1 Å². The van der Waals surface area contributed by atoms with Crippen molar-refractivity contribution >= 4 is 28.3 Å². The van der Waals surface area contributed by atoms with Gasteiger partial charge in [-0.25, -0.2) is 4.79 Å². The molecule has 0 atom stereocenters. The maximum atomic E-state index is 12.3. The van der Waals surface area contributed by atoms with Crippen LogP contribution in [-0.2, 0) is 11.2 Å². The minimum absolute atomic E-state index is 0.171. The van der Waals surface area contributed by atoms with Crippen molar-refractivity contribution in [1.29, 1.82) is 0 Å². The Morgan fingerprint density at radius 2 is 1.71 bits per heavy atom. The average molecular weight is 321 g/mol. The van der Waals surface area contributed by atoms with Crippen molar-refractivity contribution in [3.63, 3.8) is 0 Å². The number of nitrogens with one attached hydrogen (secondary N) is 1. The average Bonchev–Trinajstić information content (AvgIpc) is 2.56. The monoisotopic (exact) mass is 321 g/mol. The highest BCUT2D eigenvalue weighted by Gasteiger charge is 2.12. The summed E-state index contributed by atoms with van der Waals surface area (Å²) in [6.45, 7) is 0. The van der Waals surface area contributed by atoms with Crippen LogP contribution in [0.15, 0.2) is 60.7 Å². The lowest BCUT2D eigenvalue weighted by molar-refractivity contribution is -0.115. The summed E-state index contributed by atoms with van der Waals surface area (Å²) in [6.07, 6.45) is 0.171. The first-order valence-corrected chi connectivity index (χ1v) is 7.37. The number of carbonyl (C=O) groups excluding carboxylic acids is 1. The van der Waals surface area contributed by atoms with Crippen LogP contribution in [0.2, 0.25) is 0 Å². The van der Waals surface area contributed by atoms with Gasteiger partial charge in [0.25, 0.3) is 0 Å². The molecule has 0 fully saturated rings. The summed E-state index contributed by atoms with van der Waals surface area (Å²) in [4.78, 5) is 23.3. The van der Waals surface area contributed by atoms with Gasteiger partial charge in [0.2, 0.25) is 5.91 Å². The predicted molar refractivity (Wildman–Crippen MR) is 91.3 cm³/mol. The van der Waals surface area contributed by atoms with Gasteiger partial charge in [-0.05, 0) is 34.5 Å². The van der Waals surface area contributed by atoms with Crippen molar-refractivity contribution in [2.24, 2.45) is 0 Å². The van der Waals surface area contributed by atoms with E-state index in [9.17, 15) is 14.7 Å². The van der Waals surface area contributed by atoms with E-state index in [-0.39, 0.29) is 23.6 Å². The van der Waals surface area contributed by atoms with E-state index in [2.05, 4.69) is 5.32 Å². The van der Waals surface area contributed by atoms with Crippen molar-refractivity contribution in [2.45, 2.75) is 6.42 Å². The molecule has 0 unspecified atom stereocenters. The summed E-state index contributed by atoms with van der Waals surface area (Å²) in [5.74, 6) is -1.85. The Kier molecular flexibility index (Phi) is 4.16. The van der Waals surface area contributed by atoms with Gasteiger partial charge in [-0.15, -0.1) is 0 Å². The molecule has 5 nitrogen and oxygen atoms in total. The first kappa shape index (κ1) is 15.6. The van der Waals surface area contributed by atoms with Crippen LogP contribution in [0.3, 0.4) is 0 Å². The van der Waals surface area contributed by atoms with Gasteiger partial charge in [0.1, 0.15) is 11.3 Å². The molecule has 3 aromatic carbocycles. The van der Waals surface area contributed by atoms with Gasteiger partial charge in [0.05, 0.1) is 6.42 Å². The maximum Gasteiger partial charge on any atom is 0.339 e. The molecule has 5 heteroatoms. The fourth-order valence-corrected chi connectivity index (χ4v) is 2.61. The quantitative estimate of drug-likeness (QED) is 0.643. The van der Waals surface area contributed by atoms with E-state index in [0.717, 1.165) is 16.3 Å². The van der Waals surface area contributed by atoms with E-state index < -0.39 is 5.97 Å². The summed E-state index contributed by atoms with van der Waals surface area (Å²) < 4.78 is 0. The molecule has 3 aromatic rings. The SMILES string of the molecule is O=C(Cc1cccc2ccccc12)Nc1ccc(O)c(C(=O)O)c1. The van der Waals surface area contributed by atoms with Crippen molar-refractivity contribution in [3.8, 4) is 5.75 Å². The van der Waals surface area contributed by atoms with Crippen molar-refractivity contribution < 1.29 is 19.8 Å². The molecule has 0 aliphatic heterocycles. The molecule has 3 N–H and O–H groups in total. The van der Waals surface area contributed by atoms with Crippen LogP contribution in [0, 0.1) is 0 Å². The Bertz CT molecular complexity index is 928. The molecule has 0 spiro atoms. The molecule has 120 valence electrons.